The second-order valence-corrected chi connectivity index (χ2v) is 6.12. The molecule has 0 spiro atoms. The number of benzene rings is 2. The van der Waals surface area contributed by atoms with E-state index in [1.165, 1.54) is 0 Å². The van der Waals surface area contributed by atoms with E-state index in [2.05, 4.69) is 41.8 Å². The van der Waals surface area contributed by atoms with Gasteiger partial charge in [0.25, 0.3) is 0 Å². The van der Waals surface area contributed by atoms with Crippen LogP contribution >= 0.6 is 31.9 Å². The average Bonchev–Trinajstić information content (AvgIpc) is 2.52. The second kappa shape index (κ2) is 6.89. The van der Waals surface area contributed by atoms with Crippen LogP contribution in [-0.4, -0.2) is 9.97 Å². The molecule has 3 aromatic rings. The van der Waals surface area contributed by atoms with Gasteiger partial charge in [-0.15, -0.1) is 0 Å². The van der Waals surface area contributed by atoms with Crippen LogP contribution in [0, 0.1) is 0 Å². The normalized spacial score (nSPS) is 10.3. The number of ether oxygens (including phenoxy) is 2. The van der Waals surface area contributed by atoms with Crippen molar-refractivity contribution in [1.29, 1.82) is 0 Å². The Bertz CT molecular complexity index is 699. The SMILES string of the molecule is Brc1ccc(Oc2ccnc(Oc3ccc(Br)cc3)n2)cc1. The molecule has 0 amide bonds. The Morgan fingerprint density at radius 3 is 1.82 bits per heavy atom. The molecule has 6 heteroatoms. The monoisotopic (exact) mass is 420 g/mol. The molecule has 22 heavy (non-hydrogen) atoms. The van der Waals surface area contributed by atoms with Crippen molar-refractivity contribution in [2.24, 2.45) is 0 Å². The van der Waals surface area contributed by atoms with Crippen LogP contribution in [-0.2, 0) is 0 Å². The lowest BCUT2D eigenvalue weighted by atomic mass is 10.3. The van der Waals surface area contributed by atoms with Crippen molar-refractivity contribution < 1.29 is 9.47 Å². The molecule has 0 bridgehead atoms. The number of halogens is 2. The average molecular weight is 422 g/mol. The van der Waals surface area contributed by atoms with Gasteiger partial charge < -0.3 is 9.47 Å². The predicted octanol–water partition coefficient (Wildman–Crippen LogP) is 5.59. The molecule has 0 radical (unpaired) electrons. The van der Waals surface area contributed by atoms with Gasteiger partial charge in [0.1, 0.15) is 11.5 Å². The molecule has 0 atom stereocenters. The minimum absolute atomic E-state index is 0.233. The van der Waals surface area contributed by atoms with E-state index in [0.717, 1.165) is 8.95 Å². The molecule has 110 valence electrons. The maximum Gasteiger partial charge on any atom is 0.325 e. The summed E-state index contributed by atoms with van der Waals surface area (Å²) < 4.78 is 13.2. The van der Waals surface area contributed by atoms with Crippen molar-refractivity contribution in [2.45, 2.75) is 0 Å². The molecule has 0 aliphatic heterocycles. The van der Waals surface area contributed by atoms with Crippen LogP contribution < -0.4 is 9.47 Å². The summed E-state index contributed by atoms with van der Waals surface area (Å²) >= 11 is 6.75. The van der Waals surface area contributed by atoms with Gasteiger partial charge in [-0.05, 0) is 48.5 Å². The number of aromatic nitrogens is 2. The number of hydrogen-bond donors (Lipinski definition) is 0. The van der Waals surface area contributed by atoms with Gasteiger partial charge in [-0.25, -0.2) is 4.98 Å². The largest absolute Gasteiger partial charge is 0.439 e. The number of nitrogens with zero attached hydrogens (tertiary/aromatic N) is 2. The van der Waals surface area contributed by atoms with E-state index < -0.39 is 0 Å². The topological polar surface area (TPSA) is 44.2 Å². The maximum absolute atomic E-state index is 5.67. The quantitative estimate of drug-likeness (QED) is 0.551. The van der Waals surface area contributed by atoms with Crippen molar-refractivity contribution in [2.75, 3.05) is 0 Å². The first kappa shape index (κ1) is 15.0. The minimum atomic E-state index is 0.233. The van der Waals surface area contributed by atoms with Crippen LogP contribution in [0.2, 0.25) is 0 Å². The van der Waals surface area contributed by atoms with Crippen molar-refractivity contribution in [3.8, 4) is 23.4 Å². The van der Waals surface area contributed by atoms with Crippen molar-refractivity contribution in [1.82, 2.24) is 9.97 Å². The van der Waals surface area contributed by atoms with Crippen LogP contribution in [0.25, 0.3) is 0 Å². The fourth-order valence-corrected chi connectivity index (χ4v) is 2.19. The second-order valence-electron chi connectivity index (χ2n) is 4.29. The lowest BCUT2D eigenvalue weighted by Crippen LogP contribution is -1.94. The summed E-state index contributed by atoms with van der Waals surface area (Å²) in [5.74, 6) is 1.77. The summed E-state index contributed by atoms with van der Waals surface area (Å²) in [7, 11) is 0. The smallest absolute Gasteiger partial charge is 0.325 e. The first-order valence-corrected chi connectivity index (χ1v) is 7.97. The molecular weight excluding hydrogens is 412 g/mol. The number of hydrogen-bond acceptors (Lipinski definition) is 4. The van der Waals surface area contributed by atoms with Gasteiger partial charge >= 0.3 is 6.01 Å². The zero-order chi connectivity index (χ0) is 15.4. The first-order chi connectivity index (χ1) is 10.7. The zero-order valence-electron chi connectivity index (χ0n) is 11.2. The van der Waals surface area contributed by atoms with E-state index in [1.807, 2.05) is 48.5 Å². The van der Waals surface area contributed by atoms with Gasteiger partial charge in [0.15, 0.2) is 0 Å². The summed E-state index contributed by atoms with van der Waals surface area (Å²) in [5, 5.41) is 0. The summed E-state index contributed by atoms with van der Waals surface area (Å²) in [6.07, 6.45) is 1.59. The fourth-order valence-electron chi connectivity index (χ4n) is 1.66. The molecule has 0 unspecified atom stereocenters. The summed E-state index contributed by atoms with van der Waals surface area (Å²) in [4.78, 5) is 8.31. The van der Waals surface area contributed by atoms with Gasteiger partial charge in [0, 0.05) is 21.2 Å². The van der Waals surface area contributed by atoms with Crippen LogP contribution in [0.1, 0.15) is 0 Å². The molecule has 0 aliphatic rings. The highest BCUT2D eigenvalue weighted by atomic mass is 79.9. The lowest BCUT2D eigenvalue weighted by molar-refractivity contribution is 0.411. The van der Waals surface area contributed by atoms with E-state index in [-0.39, 0.29) is 6.01 Å². The Hall–Kier alpha value is -1.92. The van der Waals surface area contributed by atoms with Crippen LogP contribution in [0.15, 0.2) is 69.7 Å². The van der Waals surface area contributed by atoms with Crippen LogP contribution in [0.4, 0.5) is 0 Å². The van der Waals surface area contributed by atoms with Gasteiger partial charge in [-0.2, -0.15) is 4.98 Å². The van der Waals surface area contributed by atoms with Crippen LogP contribution in [0.3, 0.4) is 0 Å². The Balaban J connectivity index is 1.74. The predicted molar refractivity (Wildman–Crippen MR) is 90.5 cm³/mol. The van der Waals surface area contributed by atoms with E-state index in [4.69, 9.17) is 9.47 Å². The maximum atomic E-state index is 5.67. The third kappa shape index (κ3) is 4.05. The minimum Gasteiger partial charge on any atom is -0.439 e. The molecule has 1 aromatic heterocycles. The first-order valence-electron chi connectivity index (χ1n) is 6.39. The third-order valence-electron chi connectivity index (χ3n) is 2.67. The van der Waals surface area contributed by atoms with Gasteiger partial charge in [0.05, 0.1) is 0 Å². The van der Waals surface area contributed by atoms with Gasteiger partial charge in [0.2, 0.25) is 5.88 Å². The highest BCUT2D eigenvalue weighted by molar-refractivity contribution is 9.10. The Kier molecular flexibility index (Phi) is 4.70. The molecule has 0 saturated carbocycles. The standard InChI is InChI=1S/C16H10Br2N2O2/c17-11-1-5-13(6-2-11)21-15-9-10-19-16(20-15)22-14-7-3-12(18)4-8-14/h1-10H. The van der Waals surface area contributed by atoms with E-state index in [1.54, 1.807) is 12.3 Å². The number of rotatable bonds is 4. The molecule has 1 heterocycles. The Morgan fingerprint density at radius 1 is 0.682 bits per heavy atom. The molecular formula is C16H10Br2N2O2. The summed E-state index contributed by atoms with van der Waals surface area (Å²) in [5.41, 5.74) is 0. The molecule has 0 fully saturated rings. The molecule has 3 rings (SSSR count). The molecule has 2 aromatic carbocycles. The van der Waals surface area contributed by atoms with Crippen LogP contribution in [0.5, 0.6) is 23.4 Å². The molecule has 0 saturated heterocycles. The van der Waals surface area contributed by atoms with E-state index in [0.29, 0.717) is 17.4 Å². The Labute approximate surface area is 144 Å². The van der Waals surface area contributed by atoms with Gasteiger partial charge in [-0.1, -0.05) is 31.9 Å². The summed E-state index contributed by atoms with van der Waals surface area (Å²) in [6.45, 7) is 0. The highest BCUT2D eigenvalue weighted by Crippen LogP contribution is 2.25. The highest BCUT2D eigenvalue weighted by Gasteiger charge is 2.04. The van der Waals surface area contributed by atoms with Gasteiger partial charge in [-0.3, -0.25) is 0 Å². The molecule has 0 N–H and O–H groups in total. The van der Waals surface area contributed by atoms with Crippen molar-refractivity contribution in [3.63, 3.8) is 0 Å². The fraction of sp³-hybridized carbons (Fsp3) is 0. The van der Waals surface area contributed by atoms with Crippen molar-refractivity contribution >= 4 is 31.9 Å². The molecule has 4 nitrogen and oxygen atoms in total. The molecule has 0 aliphatic carbocycles. The lowest BCUT2D eigenvalue weighted by Gasteiger charge is -2.07. The van der Waals surface area contributed by atoms with E-state index >= 15 is 0 Å². The van der Waals surface area contributed by atoms with E-state index in [9.17, 15) is 0 Å². The third-order valence-corrected chi connectivity index (χ3v) is 3.72. The summed E-state index contributed by atoms with van der Waals surface area (Å²) in [6, 6.07) is 16.8. The zero-order valence-corrected chi connectivity index (χ0v) is 14.4. The Morgan fingerprint density at radius 2 is 1.23 bits per heavy atom. The van der Waals surface area contributed by atoms with Crippen molar-refractivity contribution in [3.05, 3.63) is 69.7 Å².